The first-order valence-corrected chi connectivity index (χ1v) is 6.24. The molecule has 0 aliphatic carbocycles. The van der Waals surface area contributed by atoms with Gasteiger partial charge in [0.1, 0.15) is 5.82 Å². The van der Waals surface area contributed by atoms with Gasteiger partial charge in [-0.3, -0.25) is 4.79 Å². The smallest absolute Gasteiger partial charge is 0.256 e. The quantitative estimate of drug-likeness (QED) is 0.732. The monoisotopic (exact) mass is 235 g/mol. The van der Waals surface area contributed by atoms with Gasteiger partial charge >= 0.3 is 0 Å². The van der Waals surface area contributed by atoms with Crippen molar-refractivity contribution in [1.82, 2.24) is 4.90 Å². The molecule has 1 amide bonds. The molecular formula is C14H18FNO. The molecule has 17 heavy (non-hydrogen) atoms. The number of nitrogens with zero attached hydrogens (tertiary/aromatic N) is 1. The van der Waals surface area contributed by atoms with Crippen LogP contribution < -0.4 is 0 Å². The molecule has 0 saturated carbocycles. The first-order chi connectivity index (χ1) is 8.18. The van der Waals surface area contributed by atoms with Crippen LogP contribution in [0.4, 0.5) is 4.39 Å². The minimum atomic E-state index is -0.403. The minimum Gasteiger partial charge on any atom is -0.339 e. The van der Waals surface area contributed by atoms with Crippen LogP contribution in [0.15, 0.2) is 18.2 Å². The molecule has 1 fully saturated rings. The summed E-state index contributed by atoms with van der Waals surface area (Å²) < 4.78 is 13.7. The topological polar surface area (TPSA) is 20.3 Å². The van der Waals surface area contributed by atoms with Crippen LogP contribution in [0.25, 0.3) is 0 Å². The molecule has 0 N–H and O–H groups in total. The number of halogens is 1. The Balaban J connectivity index is 2.17. The zero-order valence-electron chi connectivity index (χ0n) is 10.2. The lowest BCUT2D eigenvalue weighted by Gasteiger charge is -2.20. The van der Waals surface area contributed by atoms with Gasteiger partial charge in [-0.1, -0.05) is 18.9 Å². The summed E-state index contributed by atoms with van der Waals surface area (Å²) in [6.07, 6.45) is 4.39. The number of benzene rings is 1. The molecule has 0 atom stereocenters. The van der Waals surface area contributed by atoms with Crippen molar-refractivity contribution in [1.29, 1.82) is 0 Å². The summed E-state index contributed by atoms with van der Waals surface area (Å²) in [6, 6.07) is 4.80. The van der Waals surface area contributed by atoms with Crippen molar-refractivity contribution >= 4 is 5.91 Å². The molecular weight excluding hydrogens is 217 g/mol. The number of aryl methyl sites for hydroxylation is 1. The Morgan fingerprint density at radius 3 is 2.41 bits per heavy atom. The molecule has 1 heterocycles. The molecule has 0 aromatic heterocycles. The number of hydrogen-bond acceptors (Lipinski definition) is 1. The van der Waals surface area contributed by atoms with Crippen molar-refractivity contribution in [3.8, 4) is 0 Å². The fraction of sp³-hybridized carbons (Fsp3) is 0.500. The first-order valence-electron chi connectivity index (χ1n) is 6.24. The zero-order chi connectivity index (χ0) is 12.3. The van der Waals surface area contributed by atoms with Gasteiger partial charge < -0.3 is 4.90 Å². The summed E-state index contributed by atoms with van der Waals surface area (Å²) in [5.41, 5.74) is 1.05. The van der Waals surface area contributed by atoms with E-state index in [1.54, 1.807) is 17.0 Å². The second-order valence-corrected chi connectivity index (χ2v) is 4.69. The highest BCUT2D eigenvalue weighted by Crippen LogP contribution is 2.16. The van der Waals surface area contributed by atoms with E-state index in [1.807, 2.05) is 6.92 Å². The predicted octanol–water partition coefficient (Wildman–Crippen LogP) is 3.15. The third-order valence-electron chi connectivity index (χ3n) is 3.25. The summed E-state index contributed by atoms with van der Waals surface area (Å²) in [7, 11) is 0. The Kier molecular flexibility index (Phi) is 3.77. The van der Waals surface area contributed by atoms with Gasteiger partial charge in [-0.05, 0) is 37.5 Å². The number of carbonyl (C=O) groups excluding carboxylic acids is 1. The lowest BCUT2D eigenvalue weighted by atomic mass is 10.1. The van der Waals surface area contributed by atoms with Gasteiger partial charge in [0.15, 0.2) is 0 Å². The van der Waals surface area contributed by atoms with Crippen LogP contribution in [-0.4, -0.2) is 23.9 Å². The normalized spacial score (nSPS) is 16.7. The fourth-order valence-corrected chi connectivity index (χ4v) is 2.24. The standard InChI is InChI=1S/C14H18FNO/c1-11-6-7-12(13(15)10-11)14(17)16-8-4-2-3-5-9-16/h6-7,10H,2-5,8-9H2,1H3. The molecule has 1 aliphatic heterocycles. The Morgan fingerprint density at radius 1 is 1.18 bits per heavy atom. The van der Waals surface area contributed by atoms with Crippen LogP contribution in [0, 0.1) is 12.7 Å². The first kappa shape index (κ1) is 12.1. The van der Waals surface area contributed by atoms with Crippen LogP contribution in [0.3, 0.4) is 0 Å². The van der Waals surface area contributed by atoms with Crippen molar-refractivity contribution in [3.63, 3.8) is 0 Å². The van der Waals surface area contributed by atoms with Gasteiger partial charge in [0, 0.05) is 13.1 Å². The van der Waals surface area contributed by atoms with Crippen LogP contribution in [0.5, 0.6) is 0 Å². The zero-order valence-corrected chi connectivity index (χ0v) is 10.2. The number of carbonyl (C=O) groups is 1. The molecule has 1 aliphatic rings. The third-order valence-corrected chi connectivity index (χ3v) is 3.25. The molecule has 1 saturated heterocycles. The molecule has 92 valence electrons. The van der Waals surface area contributed by atoms with Gasteiger partial charge in [-0.15, -0.1) is 0 Å². The predicted molar refractivity (Wildman–Crippen MR) is 65.5 cm³/mol. The Labute approximate surface area is 101 Å². The van der Waals surface area contributed by atoms with Crippen LogP contribution >= 0.6 is 0 Å². The number of hydrogen-bond donors (Lipinski definition) is 0. The van der Waals surface area contributed by atoms with Crippen LogP contribution in [-0.2, 0) is 0 Å². The number of rotatable bonds is 1. The van der Waals surface area contributed by atoms with Gasteiger partial charge in [0.25, 0.3) is 5.91 Å². The van der Waals surface area contributed by atoms with Crippen molar-refractivity contribution < 1.29 is 9.18 Å². The molecule has 2 nitrogen and oxygen atoms in total. The van der Waals surface area contributed by atoms with Crippen molar-refractivity contribution in [3.05, 3.63) is 35.1 Å². The van der Waals surface area contributed by atoms with E-state index in [0.717, 1.165) is 31.5 Å². The Morgan fingerprint density at radius 2 is 1.82 bits per heavy atom. The van der Waals surface area contributed by atoms with Crippen LogP contribution in [0.1, 0.15) is 41.6 Å². The SMILES string of the molecule is Cc1ccc(C(=O)N2CCCCCC2)c(F)c1. The highest BCUT2D eigenvalue weighted by atomic mass is 19.1. The molecule has 0 bridgehead atoms. The average Bonchev–Trinajstić information content (AvgIpc) is 2.56. The average molecular weight is 235 g/mol. The highest BCUT2D eigenvalue weighted by molar-refractivity contribution is 5.94. The minimum absolute atomic E-state index is 0.163. The molecule has 2 rings (SSSR count). The highest BCUT2D eigenvalue weighted by Gasteiger charge is 2.19. The van der Waals surface area contributed by atoms with Crippen LogP contribution in [0.2, 0.25) is 0 Å². The van der Waals surface area contributed by atoms with Crippen molar-refractivity contribution in [2.75, 3.05) is 13.1 Å². The number of likely N-dealkylation sites (tertiary alicyclic amines) is 1. The van der Waals surface area contributed by atoms with E-state index in [4.69, 9.17) is 0 Å². The molecule has 3 heteroatoms. The lowest BCUT2D eigenvalue weighted by Crippen LogP contribution is -2.32. The molecule has 0 unspecified atom stereocenters. The summed E-state index contributed by atoms with van der Waals surface area (Å²) >= 11 is 0. The van der Waals surface area contributed by atoms with Gasteiger partial charge in [-0.25, -0.2) is 4.39 Å². The van der Waals surface area contributed by atoms with E-state index in [0.29, 0.717) is 0 Å². The molecule has 1 aromatic carbocycles. The fourth-order valence-electron chi connectivity index (χ4n) is 2.24. The van der Waals surface area contributed by atoms with E-state index in [2.05, 4.69) is 0 Å². The Hall–Kier alpha value is -1.38. The second-order valence-electron chi connectivity index (χ2n) is 4.69. The lowest BCUT2D eigenvalue weighted by molar-refractivity contribution is 0.0757. The largest absolute Gasteiger partial charge is 0.339 e. The van der Waals surface area contributed by atoms with E-state index in [-0.39, 0.29) is 11.5 Å². The van der Waals surface area contributed by atoms with Crippen molar-refractivity contribution in [2.45, 2.75) is 32.6 Å². The maximum Gasteiger partial charge on any atom is 0.256 e. The van der Waals surface area contributed by atoms with E-state index >= 15 is 0 Å². The second kappa shape index (κ2) is 5.30. The maximum absolute atomic E-state index is 13.7. The van der Waals surface area contributed by atoms with E-state index < -0.39 is 5.82 Å². The molecule has 0 radical (unpaired) electrons. The molecule has 1 aromatic rings. The summed E-state index contributed by atoms with van der Waals surface area (Å²) in [4.78, 5) is 13.9. The maximum atomic E-state index is 13.7. The van der Waals surface area contributed by atoms with Gasteiger partial charge in [0.2, 0.25) is 0 Å². The summed E-state index contributed by atoms with van der Waals surface area (Å²) in [6.45, 7) is 3.33. The Bertz CT molecular complexity index is 409. The van der Waals surface area contributed by atoms with E-state index in [1.165, 1.54) is 18.9 Å². The van der Waals surface area contributed by atoms with E-state index in [9.17, 15) is 9.18 Å². The summed E-state index contributed by atoms with van der Waals surface area (Å²) in [5, 5.41) is 0. The molecule has 0 spiro atoms. The van der Waals surface area contributed by atoms with Gasteiger partial charge in [0.05, 0.1) is 5.56 Å². The van der Waals surface area contributed by atoms with Crippen molar-refractivity contribution in [2.24, 2.45) is 0 Å². The third kappa shape index (κ3) is 2.84. The summed E-state index contributed by atoms with van der Waals surface area (Å²) in [5.74, 6) is -0.566. The van der Waals surface area contributed by atoms with Gasteiger partial charge in [-0.2, -0.15) is 0 Å². The number of amides is 1.